The van der Waals surface area contributed by atoms with Crippen LogP contribution >= 0.6 is 0 Å². The number of carbonyl (C=O) groups is 1. The lowest BCUT2D eigenvalue weighted by molar-refractivity contribution is -0.136. The number of hydrogen-bond acceptors (Lipinski definition) is 1. The minimum atomic E-state index is -2.73. The molecule has 1 aliphatic carbocycles. The molecule has 0 spiro atoms. The zero-order valence-electron chi connectivity index (χ0n) is 7.44. The summed E-state index contributed by atoms with van der Waals surface area (Å²) in [6.45, 7) is 3.35. The zero-order valence-corrected chi connectivity index (χ0v) is 7.44. The van der Waals surface area contributed by atoms with E-state index in [0.29, 0.717) is 12.8 Å². The Hall–Kier alpha value is -0.470. The van der Waals surface area contributed by atoms with Gasteiger partial charge in [-0.1, -0.05) is 13.8 Å². The molecule has 0 radical (unpaired) electrons. The van der Waals surface area contributed by atoms with Gasteiger partial charge in [0, 0.05) is 12.3 Å². The summed E-state index contributed by atoms with van der Waals surface area (Å²) in [7, 11) is 0. The molecule has 0 heterocycles. The van der Waals surface area contributed by atoms with Crippen LogP contribution in [0.1, 0.15) is 33.1 Å². The standard InChI is InChI=1S/C9H14F2O/c1-6(2)8(12)7-4-3-5-9(7,10)11/h6-7H,3-5H2,1-2H3. The fourth-order valence-electron chi connectivity index (χ4n) is 1.68. The average Bonchev–Trinajstić information content (AvgIpc) is 2.27. The highest BCUT2D eigenvalue weighted by Gasteiger charge is 2.47. The second-order valence-electron chi connectivity index (χ2n) is 3.76. The number of hydrogen-bond donors (Lipinski definition) is 0. The van der Waals surface area contributed by atoms with Crippen molar-refractivity contribution in [2.24, 2.45) is 11.8 Å². The zero-order chi connectivity index (χ0) is 9.35. The Balaban J connectivity index is 2.69. The van der Waals surface area contributed by atoms with Gasteiger partial charge in [0.05, 0.1) is 5.92 Å². The summed E-state index contributed by atoms with van der Waals surface area (Å²) in [5, 5.41) is 0. The molecule has 0 saturated heterocycles. The van der Waals surface area contributed by atoms with E-state index in [2.05, 4.69) is 0 Å². The molecule has 70 valence electrons. The van der Waals surface area contributed by atoms with E-state index in [-0.39, 0.29) is 18.1 Å². The molecule has 1 nitrogen and oxygen atoms in total. The average molecular weight is 176 g/mol. The second kappa shape index (κ2) is 3.11. The first-order valence-corrected chi connectivity index (χ1v) is 4.36. The first kappa shape index (κ1) is 9.62. The third-order valence-corrected chi connectivity index (χ3v) is 2.43. The topological polar surface area (TPSA) is 17.1 Å². The quantitative estimate of drug-likeness (QED) is 0.632. The third kappa shape index (κ3) is 1.65. The molecule has 1 atom stereocenters. The van der Waals surface area contributed by atoms with Gasteiger partial charge >= 0.3 is 0 Å². The van der Waals surface area contributed by atoms with Gasteiger partial charge in [0.25, 0.3) is 5.92 Å². The van der Waals surface area contributed by atoms with Crippen LogP contribution in [0.25, 0.3) is 0 Å². The molecule has 0 aromatic heterocycles. The lowest BCUT2D eigenvalue weighted by Crippen LogP contribution is -2.31. The van der Waals surface area contributed by atoms with E-state index in [4.69, 9.17) is 0 Å². The van der Waals surface area contributed by atoms with Crippen LogP contribution in [0.4, 0.5) is 8.78 Å². The number of Topliss-reactive ketones (excluding diaryl/α,β-unsaturated/α-hetero) is 1. The lowest BCUT2D eigenvalue weighted by atomic mass is 9.92. The molecule has 0 aromatic carbocycles. The highest BCUT2D eigenvalue weighted by Crippen LogP contribution is 2.41. The van der Waals surface area contributed by atoms with Crippen molar-refractivity contribution < 1.29 is 13.6 Å². The molecular formula is C9H14F2O. The minimum Gasteiger partial charge on any atom is -0.299 e. The van der Waals surface area contributed by atoms with Gasteiger partial charge in [0.2, 0.25) is 0 Å². The van der Waals surface area contributed by atoms with Crippen LogP contribution in [0, 0.1) is 11.8 Å². The monoisotopic (exact) mass is 176 g/mol. The summed E-state index contributed by atoms with van der Waals surface area (Å²) in [4.78, 5) is 11.3. The number of alkyl halides is 2. The summed E-state index contributed by atoms with van der Waals surface area (Å²) in [5.74, 6) is -4.28. The van der Waals surface area contributed by atoms with Crippen molar-refractivity contribution in [1.29, 1.82) is 0 Å². The van der Waals surface area contributed by atoms with Crippen LogP contribution in [0.3, 0.4) is 0 Å². The van der Waals surface area contributed by atoms with Gasteiger partial charge in [-0.3, -0.25) is 4.79 Å². The number of ketones is 1. The predicted molar refractivity (Wildman–Crippen MR) is 42.1 cm³/mol. The fraction of sp³-hybridized carbons (Fsp3) is 0.889. The van der Waals surface area contributed by atoms with Gasteiger partial charge in [0.15, 0.2) is 0 Å². The SMILES string of the molecule is CC(C)C(=O)C1CCCC1(F)F. The molecule has 0 bridgehead atoms. The minimum absolute atomic E-state index is 0.115. The van der Waals surface area contributed by atoms with E-state index in [1.807, 2.05) is 0 Å². The Morgan fingerprint density at radius 1 is 1.50 bits per heavy atom. The van der Waals surface area contributed by atoms with E-state index in [9.17, 15) is 13.6 Å². The van der Waals surface area contributed by atoms with Crippen molar-refractivity contribution in [3.8, 4) is 0 Å². The van der Waals surface area contributed by atoms with Gasteiger partial charge in [0.1, 0.15) is 5.78 Å². The number of rotatable bonds is 2. The van der Waals surface area contributed by atoms with E-state index in [0.717, 1.165) is 0 Å². The third-order valence-electron chi connectivity index (χ3n) is 2.43. The molecule has 0 aromatic rings. The fourth-order valence-corrected chi connectivity index (χ4v) is 1.68. The van der Waals surface area contributed by atoms with E-state index in [1.54, 1.807) is 13.8 Å². The molecule has 0 N–H and O–H groups in total. The van der Waals surface area contributed by atoms with Gasteiger partial charge in [-0.15, -0.1) is 0 Å². The summed E-state index contributed by atoms with van der Waals surface area (Å²) >= 11 is 0. The molecule has 0 aliphatic heterocycles. The molecule has 1 aliphatic rings. The molecular weight excluding hydrogens is 162 g/mol. The summed E-state index contributed by atoms with van der Waals surface area (Å²) < 4.78 is 26.0. The summed E-state index contributed by atoms with van der Waals surface area (Å²) in [6, 6.07) is 0. The maximum absolute atomic E-state index is 13.0. The molecule has 12 heavy (non-hydrogen) atoms. The van der Waals surface area contributed by atoms with Crippen molar-refractivity contribution in [2.75, 3.05) is 0 Å². The normalized spacial score (nSPS) is 27.9. The van der Waals surface area contributed by atoms with E-state index < -0.39 is 11.8 Å². The van der Waals surface area contributed by atoms with Crippen molar-refractivity contribution >= 4 is 5.78 Å². The smallest absolute Gasteiger partial charge is 0.257 e. The molecule has 1 saturated carbocycles. The van der Waals surface area contributed by atoms with Crippen molar-refractivity contribution in [2.45, 2.75) is 39.0 Å². The van der Waals surface area contributed by atoms with Gasteiger partial charge in [-0.05, 0) is 12.8 Å². The van der Waals surface area contributed by atoms with Crippen molar-refractivity contribution in [3.05, 3.63) is 0 Å². The largest absolute Gasteiger partial charge is 0.299 e. The van der Waals surface area contributed by atoms with Crippen LogP contribution < -0.4 is 0 Å². The van der Waals surface area contributed by atoms with Gasteiger partial charge in [-0.2, -0.15) is 0 Å². The molecule has 1 rings (SSSR count). The number of carbonyl (C=O) groups excluding carboxylic acids is 1. The summed E-state index contributed by atoms with van der Waals surface area (Å²) in [6.07, 6.45) is 0.732. The molecule has 3 heteroatoms. The van der Waals surface area contributed by atoms with Crippen LogP contribution in [0.5, 0.6) is 0 Å². The van der Waals surface area contributed by atoms with Crippen LogP contribution in [-0.4, -0.2) is 11.7 Å². The number of halogens is 2. The van der Waals surface area contributed by atoms with Gasteiger partial charge in [-0.25, -0.2) is 8.78 Å². The van der Waals surface area contributed by atoms with Crippen molar-refractivity contribution in [3.63, 3.8) is 0 Å². The molecule has 1 fully saturated rings. The first-order valence-electron chi connectivity index (χ1n) is 4.36. The molecule has 1 unspecified atom stereocenters. The second-order valence-corrected chi connectivity index (χ2v) is 3.76. The first-order chi connectivity index (χ1) is 5.45. The Labute approximate surface area is 71.1 Å². The Morgan fingerprint density at radius 3 is 2.42 bits per heavy atom. The highest BCUT2D eigenvalue weighted by molar-refractivity contribution is 5.84. The lowest BCUT2D eigenvalue weighted by Gasteiger charge is -2.19. The van der Waals surface area contributed by atoms with E-state index in [1.165, 1.54) is 0 Å². The van der Waals surface area contributed by atoms with Crippen LogP contribution in [-0.2, 0) is 4.79 Å². The Bertz CT molecular complexity index is 187. The maximum Gasteiger partial charge on any atom is 0.257 e. The van der Waals surface area contributed by atoms with Crippen LogP contribution in [0.15, 0.2) is 0 Å². The predicted octanol–water partition coefficient (Wildman–Crippen LogP) is 2.65. The van der Waals surface area contributed by atoms with E-state index >= 15 is 0 Å². The summed E-state index contributed by atoms with van der Waals surface area (Å²) in [5.41, 5.74) is 0. The van der Waals surface area contributed by atoms with Gasteiger partial charge < -0.3 is 0 Å². The highest BCUT2D eigenvalue weighted by atomic mass is 19.3. The van der Waals surface area contributed by atoms with Crippen LogP contribution in [0.2, 0.25) is 0 Å². The molecule has 0 amide bonds. The van der Waals surface area contributed by atoms with Crippen molar-refractivity contribution in [1.82, 2.24) is 0 Å². The maximum atomic E-state index is 13.0. The Kier molecular flexibility index (Phi) is 2.49. The Morgan fingerprint density at radius 2 is 2.08 bits per heavy atom.